The van der Waals surface area contributed by atoms with Gasteiger partial charge in [0.1, 0.15) is 5.69 Å². The minimum atomic E-state index is 0.00361. The van der Waals surface area contributed by atoms with Crippen LogP contribution in [0.4, 0.5) is 0 Å². The van der Waals surface area contributed by atoms with Crippen molar-refractivity contribution in [3.63, 3.8) is 0 Å². The number of carbonyl (C=O) groups excluding carboxylic acids is 1. The predicted molar refractivity (Wildman–Crippen MR) is 61.1 cm³/mol. The third kappa shape index (κ3) is 1.95. The standard InChI is InChI=1S/C11H18N4O/c1-2-8-6-10(14-13-8)11(16)15-5-3-4-9(15)7-12/h6,9H,2-5,7,12H2,1H3,(H,13,14). The van der Waals surface area contributed by atoms with Gasteiger partial charge in [-0.2, -0.15) is 5.10 Å². The summed E-state index contributed by atoms with van der Waals surface area (Å²) in [5, 5.41) is 6.91. The summed E-state index contributed by atoms with van der Waals surface area (Å²) in [5.74, 6) is 0.00361. The monoisotopic (exact) mass is 222 g/mol. The summed E-state index contributed by atoms with van der Waals surface area (Å²) in [6.07, 6.45) is 2.91. The zero-order valence-corrected chi connectivity index (χ0v) is 9.57. The summed E-state index contributed by atoms with van der Waals surface area (Å²) < 4.78 is 0. The lowest BCUT2D eigenvalue weighted by Crippen LogP contribution is -2.40. The van der Waals surface area contributed by atoms with Crippen LogP contribution in [0.25, 0.3) is 0 Å². The largest absolute Gasteiger partial charge is 0.333 e. The highest BCUT2D eigenvalue weighted by atomic mass is 16.2. The first-order valence-electron chi connectivity index (χ1n) is 5.81. The molecule has 0 bridgehead atoms. The van der Waals surface area contributed by atoms with Crippen LogP contribution in [0, 0.1) is 0 Å². The quantitative estimate of drug-likeness (QED) is 0.783. The fraction of sp³-hybridized carbons (Fsp3) is 0.636. The van der Waals surface area contributed by atoms with Crippen molar-refractivity contribution in [1.29, 1.82) is 0 Å². The topological polar surface area (TPSA) is 75.0 Å². The number of aromatic nitrogens is 2. The molecule has 1 aliphatic rings. The first-order chi connectivity index (χ1) is 7.76. The van der Waals surface area contributed by atoms with Gasteiger partial charge in [-0.1, -0.05) is 6.92 Å². The van der Waals surface area contributed by atoms with E-state index in [4.69, 9.17) is 5.73 Å². The van der Waals surface area contributed by atoms with Crippen LogP contribution in [0.3, 0.4) is 0 Å². The van der Waals surface area contributed by atoms with E-state index in [2.05, 4.69) is 10.2 Å². The molecule has 5 nitrogen and oxygen atoms in total. The Labute approximate surface area is 95.0 Å². The molecule has 88 valence electrons. The predicted octanol–water partition coefficient (Wildman–Crippen LogP) is 0.535. The third-order valence-corrected chi connectivity index (χ3v) is 3.14. The van der Waals surface area contributed by atoms with E-state index in [1.807, 2.05) is 17.9 Å². The molecule has 0 radical (unpaired) electrons. The number of carbonyl (C=O) groups is 1. The van der Waals surface area contributed by atoms with Crippen molar-refractivity contribution >= 4 is 5.91 Å². The Bertz CT molecular complexity index is 374. The van der Waals surface area contributed by atoms with Gasteiger partial charge in [0.25, 0.3) is 5.91 Å². The van der Waals surface area contributed by atoms with Crippen molar-refractivity contribution in [2.24, 2.45) is 5.73 Å². The lowest BCUT2D eigenvalue weighted by atomic mass is 10.2. The Kier molecular flexibility index (Phi) is 3.24. The Balaban J connectivity index is 2.12. The van der Waals surface area contributed by atoms with Crippen molar-refractivity contribution in [1.82, 2.24) is 15.1 Å². The second-order valence-corrected chi connectivity index (χ2v) is 4.16. The van der Waals surface area contributed by atoms with Gasteiger partial charge in [-0.15, -0.1) is 0 Å². The normalized spacial score (nSPS) is 20.4. The van der Waals surface area contributed by atoms with Crippen molar-refractivity contribution in [3.05, 3.63) is 17.5 Å². The summed E-state index contributed by atoms with van der Waals surface area (Å²) >= 11 is 0. The van der Waals surface area contributed by atoms with Crippen molar-refractivity contribution in [2.45, 2.75) is 32.2 Å². The molecule has 2 heterocycles. The number of hydrogen-bond donors (Lipinski definition) is 2. The molecule has 2 rings (SSSR count). The average Bonchev–Trinajstić information content (AvgIpc) is 2.96. The van der Waals surface area contributed by atoms with E-state index < -0.39 is 0 Å². The summed E-state index contributed by atoms with van der Waals surface area (Å²) in [6.45, 7) is 3.37. The first kappa shape index (κ1) is 11.1. The van der Waals surface area contributed by atoms with Crippen LogP contribution in [0.2, 0.25) is 0 Å². The number of nitrogens with one attached hydrogen (secondary N) is 1. The number of hydrogen-bond acceptors (Lipinski definition) is 3. The van der Waals surface area contributed by atoms with E-state index in [-0.39, 0.29) is 11.9 Å². The number of rotatable bonds is 3. The van der Waals surface area contributed by atoms with Crippen LogP contribution in [0.15, 0.2) is 6.07 Å². The molecule has 16 heavy (non-hydrogen) atoms. The van der Waals surface area contributed by atoms with Gasteiger partial charge in [0.15, 0.2) is 0 Å². The van der Waals surface area contributed by atoms with Crippen LogP contribution < -0.4 is 5.73 Å². The molecule has 1 fully saturated rings. The number of H-pyrrole nitrogens is 1. The maximum absolute atomic E-state index is 12.1. The molecule has 0 aliphatic carbocycles. The van der Waals surface area contributed by atoms with E-state index >= 15 is 0 Å². The van der Waals surface area contributed by atoms with Gasteiger partial charge < -0.3 is 10.6 Å². The van der Waals surface area contributed by atoms with Crippen LogP contribution in [-0.4, -0.2) is 40.1 Å². The average molecular weight is 222 g/mol. The third-order valence-electron chi connectivity index (χ3n) is 3.14. The fourth-order valence-corrected chi connectivity index (χ4v) is 2.15. The minimum Gasteiger partial charge on any atom is -0.333 e. The number of likely N-dealkylation sites (tertiary alicyclic amines) is 1. The molecular weight excluding hydrogens is 204 g/mol. The summed E-state index contributed by atoms with van der Waals surface area (Å²) in [6, 6.07) is 2.02. The van der Waals surface area contributed by atoms with Gasteiger partial charge in [0, 0.05) is 24.8 Å². The molecule has 3 N–H and O–H groups in total. The molecule has 0 spiro atoms. The molecule has 1 amide bonds. The minimum absolute atomic E-state index is 0.00361. The van der Waals surface area contributed by atoms with Crippen LogP contribution in [0.5, 0.6) is 0 Å². The molecule has 1 aromatic heterocycles. The van der Waals surface area contributed by atoms with E-state index in [9.17, 15) is 4.79 Å². The highest BCUT2D eigenvalue weighted by molar-refractivity contribution is 5.92. The zero-order valence-electron chi connectivity index (χ0n) is 9.57. The van der Waals surface area contributed by atoms with Crippen LogP contribution in [0.1, 0.15) is 35.9 Å². The fourth-order valence-electron chi connectivity index (χ4n) is 2.15. The lowest BCUT2D eigenvalue weighted by Gasteiger charge is -2.22. The van der Waals surface area contributed by atoms with E-state index in [0.29, 0.717) is 12.2 Å². The molecule has 1 aliphatic heterocycles. The van der Waals surface area contributed by atoms with Crippen molar-refractivity contribution in [2.75, 3.05) is 13.1 Å². The summed E-state index contributed by atoms with van der Waals surface area (Å²) in [4.78, 5) is 14.0. The number of aryl methyl sites for hydroxylation is 1. The zero-order chi connectivity index (χ0) is 11.5. The molecule has 0 saturated carbocycles. The highest BCUT2D eigenvalue weighted by Crippen LogP contribution is 2.18. The van der Waals surface area contributed by atoms with Gasteiger partial charge in [0.2, 0.25) is 0 Å². The highest BCUT2D eigenvalue weighted by Gasteiger charge is 2.29. The van der Waals surface area contributed by atoms with E-state index in [1.54, 1.807) is 0 Å². The Morgan fingerprint density at radius 1 is 1.75 bits per heavy atom. The van der Waals surface area contributed by atoms with Gasteiger partial charge in [0.05, 0.1) is 0 Å². The number of nitrogens with two attached hydrogens (primary N) is 1. The van der Waals surface area contributed by atoms with Crippen LogP contribution >= 0.6 is 0 Å². The van der Waals surface area contributed by atoms with E-state index in [1.165, 1.54) is 0 Å². The Morgan fingerprint density at radius 3 is 3.19 bits per heavy atom. The van der Waals surface area contributed by atoms with Gasteiger partial charge in [-0.05, 0) is 25.3 Å². The Morgan fingerprint density at radius 2 is 2.56 bits per heavy atom. The van der Waals surface area contributed by atoms with Crippen molar-refractivity contribution in [3.8, 4) is 0 Å². The lowest BCUT2D eigenvalue weighted by molar-refractivity contribution is 0.0735. The van der Waals surface area contributed by atoms with Crippen molar-refractivity contribution < 1.29 is 4.79 Å². The molecule has 1 aromatic rings. The van der Waals surface area contributed by atoms with Gasteiger partial charge >= 0.3 is 0 Å². The number of amides is 1. The second-order valence-electron chi connectivity index (χ2n) is 4.16. The van der Waals surface area contributed by atoms with Crippen LogP contribution in [-0.2, 0) is 6.42 Å². The SMILES string of the molecule is CCc1cc(C(=O)N2CCCC2CN)n[nH]1. The Hall–Kier alpha value is -1.36. The summed E-state index contributed by atoms with van der Waals surface area (Å²) in [7, 11) is 0. The molecule has 1 atom stereocenters. The number of aromatic amines is 1. The molecule has 1 saturated heterocycles. The maximum atomic E-state index is 12.1. The van der Waals surface area contributed by atoms with Gasteiger partial charge in [-0.3, -0.25) is 9.89 Å². The molecule has 5 heteroatoms. The maximum Gasteiger partial charge on any atom is 0.274 e. The number of nitrogens with zero attached hydrogens (tertiary/aromatic N) is 2. The molecular formula is C11H18N4O. The molecule has 1 unspecified atom stereocenters. The molecule has 0 aromatic carbocycles. The van der Waals surface area contributed by atoms with E-state index in [0.717, 1.165) is 31.5 Å². The smallest absolute Gasteiger partial charge is 0.274 e. The van der Waals surface area contributed by atoms with Gasteiger partial charge in [-0.25, -0.2) is 0 Å². The second kappa shape index (κ2) is 4.65. The summed E-state index contributed by atoms with van der Waals surface area (Å²) in [5.41, 5.74) is 7.15. The first-order valence-corrected chi connectivity index (χ1v) is 5.81.